The normalized spacial score (nSPS) is 12.3. The number of rotatable bonds is 6. The summed E-state index contributed by atoms with van der Waals surface area (Å²) in [6.07, 6.45) is 1.56. The summed E-state index contributed by atoms with van der Waals surface area (Å²) in [5.41, 5.74) is 0.515. The number of nitrogens with one attached hydrogen (secondary N) is 1. The molecule has 1 heterocycles. The lowest BCUT2D eigenvalue weighted by Crippen LogP contribution is -2.43. The molecular weight excluding hydrogens is 276 g/mol. The van der Waals surface area contributed by atoms with E-state index in [2.05, 4.69) is 15.2 Å². The number of nitrogens with zero attached hydrogens (tertiary/aromatic N) is 3. The highest BCUT2D eigenvalue weighted by Crippen LogP contribution is 2.20. The number of aromatic nitrogens is 1. The third kappa shape index (κ3) is 4.08. The Morgan fingerprint density at radius 2 is 2.15 bits per heavy atom. The number of carbonyl (C=O) groups is 1. The number of hydrogen-bond donors (Lipinski definition) is 1. The second kappa shape index (κ2) is 7.45. The zero-order valence-corrected chi connectivity index (χ0v) is 13.5. The maximum absolute atomic E-state index is 12.5. The predicted molar refractivity (Wildman–Crippen MR) is 83.5 cm³/mol. The molecule has 5 nitrogen and oxygen atoms in total. The highest BCUT2D eigenvalue weighted by molar-refractivity contribution is 6.33. The first kappa shape index (κ1) is 16.7. The van der Waals surface area contributed by atoms with Gasteiger partial charge in [-0.15, -0.1) is 0 Å². The van der Waals surface area contributed by atoms with Gasteiger partial charge >= 0.3 is 0 Å². The summed E-state index contributed by atoms with van der Waals surface area (Å²) in [5, 5.41) is 3.33. The summed E-state index contributed by atoms with van der Waals surface area (Å²) in [5.74, 6) is 0.534. The van der Waals surface area contributed by atoms with E-state index in [1.54, 1.807) is 19.3 Å². The van der Waals surface area contributed by atoms with E-state index >= 15 is 0 Å². The molecule has 1 unspecified atom stereocenters. The summed E-state index contributed by atoms with van der Waals surface area (Å²) >= 11 is 6.08. The Morgan fingerprint density at radius 1 is 1.50 bits per heavy atom. The molecule has 0 bridgehead atoms. The van der Waals surface area contributed by atoms with Crippen molar-refractivity contribution in [3.05, 3.63) is 22.8 Å². The van der Waals surface area contributed by atoms with Crippen molar-refractivity contribution < 1.29 is 4.79 Å². The zero-order chi connectivity index (χ0) is 15.3. The molecule has 0 aliphatic heterocycles. The highest BCUT2D eigenvalue weighted by Gasteiger charge is 2.21. The first-order valence-electron chi connectivity index (χ1n) is 6.69. The molecule has 112 valence electrons. The molecule has 1 N–H and O–H groups in total. The molecule has 1 atom stereocenters. The van der Waals surface area contributed by atoms with Gasteiger partial charge in [0.1, 0.15) is 5.82 Å². The van der Waals surface area contributed by atoms with E-state index in [0.717, 1.165) is 6.54 Å². The van der Waals surface area contributed by atoms with Gasteiger partial charge < -0.3 is 15.1 Å². The molecule has 1 aromatic rings. The van der Waals surface area contributed by atoms with E-state index in [9.17, 15) is 4.79 Å². The van der Waals surface area contributed by atoms with Gasteiger partial charge in [-0.3, -0.25) is 4.79 Å². The standard InChI is InChI=1S/C14H23ClN4O/c1-6-19(10(2)9-18(4)5)14(20)11-7-12(15)13(16-3)17-8-11/h7-8,10H,6,9H2,1-5H3,(H,16,17). The topological polar surface area (TPSA) is 48.5 Å². The van der Waals surface area contributed by atoms with Crippen molar-refractivity contribution in [2.24, 2.45) is 0 Å². The van der Waals surface area contributed by atoms with Crippen LogP contribution in [0.1, 0.15) is 24.2 Å². The SMILES string of the molecule is CCN(C(=O)c1cnc(NC)c(Cl)c1)C(C)CN(C)C. The van der Waals surface area contributed by atoms with Gasteiger partial charge in [-0.05, 0) is 34.0 Å². The number of halogens is 1. The van der Waals surface area contributed by atoms with Crippen LogP contribution in [0.5, 0.6) is 0 Å². The van der Waals surface area contributed by atoms with Crippen molar-refractivity contribution >= 4 is 23.3 Å². The van der Waals surface area contributed by atoms with Crippen molar-refractivity contribution in [3.8, 4) is 0 Å². The molecule has 0 aliphatic carbocycles. The molecule has 1 aromatic heterocycles. The predicted octanol–water partition coefficient (Wildman–Crippen LogP) is 2.19. The lowest BCUT2D eigenvalue weighted by atomic mass is 10.2. The van der Waals surface area contributed by atoms with Crippen LogP contribution in [0.15, 0.2) is 12.3 Å². The van der Waals surface area contributed by atoms with Gasteiger partial charge in [-0.25, -0.2) is 4.98 Å². The van der Waals surface area contributed by atoms with Crippen LogP contribution in [0, 0.1) is 0 Å². The van der Waals surface area contributed by atoms with Gasteiger partial charge in [0.2, 0.25) is 0 Å². The number of pyridine rings is 1. The minimum absolute atomic E-state index is 0.0427. The average molecular weight is 299 g/mol. The Labute approximate surface area is 125 Å². The molecule has 0 saturated heterocycles. The number of anilines is 1. The molecule has 0 aliphatic rings. The van der Waals surface area contributed by atoms with Crippen molar-refractivity contribution in [2.45, 2.75) is 19.9 Å². The molecule has 1 amide bonds. The quantitative estimate of drug-likeness (QED) is 0.874. The van der Waals surface area contributed by atoms with E-state index in [1.807, 2.05) is 32.8 Å². The largest absolute Gasteiger partial charge is 0.372 e. The van der Waals surface area contributed by atoms with Gasteiger partial charge in [-0.2, -0.15) is 0 Å². The summed E-state index contributed by atoms with van der Waals surface area (Å²) in [7, 11) is 5.73. The van der Waals surface area contributed by atoms with Crippen LogP contribution in [0.2, 0.25) is 5.02 Å². The smallest absolute Gasteiger partial charge is 0.255 e. The van der Waals surface area contributed by atoms with Crippen LogP contribution < -0.4 is 5.32 Å². The first-order chi connectivity index (χ1) is 9.40. The summed E-state index contributed by atoms with van der Waals surface area (Å²) in [6, 6.07) is 1.79. The number of likely N-dealkylation sites (N-methyl/N-ethyl adjacent to an activating group) is 2. The van der Waals surface area contributed by atoms with E-state index in [4.69, 9.17) is 11.6 Å². The van der Waals surface area contributed by atoms with E-state index < -0.39 is 0 Å². The third-order valence-electron chi connectivity index (χ3n) is 3.09. The Hall–Kier alpha value is -1.33. The van der Waals surface area contributed by atoms with E-state index in [1.165, 1.54) is 0 Å². The first-order valence-corrected chi connectivity index (χ1v) is 7.07. The molecular formula is C14H23ClN4O. The Morgan fingerprint density at radius 3 is 2.60 bits per heavy atom. The molecule has 0 saturated carbocycles. The lowest BCUT2D eigenvalue weighted by molar-refractivity contribution is 0.0678. The fourth-order valence-electron chi connectivity index (χ4n) is 2.19. The van der Waals surface area contributed by atoms with Crippen LogP contribution in [-0.2, 0) is 0 Å². The molecule has 0 fully saturated rings. The van der Waals surface area contributed by atoms with Crippen LogP contribution in [0.4, 0.5) is 5.82 Å². The summed E-state index contributed by atoms with van der Waals surface area (Å²) < 4.78 is 0. The van der Waals surface area contributed by atoms with Crippen molar-refractivity contribution in [1.29, 1.82) is 0 Å². The van der Waals surface area contributed by atoms with Crippen molar-refractivity contribution in [2.75, 3.05) is 39.5 Å². The van der Waals surface area contributed by atoms with Gasteiger partial charge in [0.15, 0.2) is 0 Å². The van der Waals surface area contributed by atoms with Gasteiger partial charge in [0, 0.05) is 32.4 Å². The van der Waals surface area contributed by atoms with Gasteiger partial charge in [-0.1, -0.05) is 11.6 Å². The fraction of sp³-hybridized carbons (Fsp3) is 0.571. The van der Waals surface area contributed by atoms with E-state index in [0.29, 0.717) is 22.9 Å². The van der Waals surface area contributed by atoms with Crippen LogP contribution in [-0.4, -0.2) is 61.0 Å². The second-order valence-electron chi connectivity index (χ2n) is 5.01. The van der Waals surface area contributed by atoms with E-state index in [-0.39, 0.29) is 11.9 Å². The van der Waals surface area contributed by atoms with Crippen molar-refractivity contribution in [1.82, 2.24) is 14.8 Å². The van der Waals surface area contributed by atoms with Crippen LogP contribution in [0.3, 0.4) is 0 Å². The molecule has 1 rings (SSSR count). The Kier molecular flexibility index (Phi) is 6.23. The zero-order valence-electron chi connectivity index (χ0n) is 12.8. The summed E-state index contributed by atoms with van der Waals surface area (Å²) in [4.78, 5) is 20.6. The van der Waals surface area contributed by atoms with Crippen molar-refractivity contribution in [3.63, 3.8) is 0 Å². The van der Waals surface area contributed by atoms with Gasteiger partial charge in [0.05, 0.1) is 10.6 Å². The number of hydrogen-bond acceptors (Lipinski definition) is 4. The molecule has 20 heavy (non-hydrogen) atoms. The minimum atomic E-state index is -0.0427. The molecule has 6 heteroatoms. The van der Waals surface area contributed by atoms with Gasteiger partial charge in [0.25, 0.3) is 5.91 Å². The maximum Gasteiger partial charge on any atom is 0.255 e. The van der Waals surface area contributed by atoms with Crippen LogP contribution >= 0.6 is 11.6 Å². The monoisotopic (exact) mass is 298 g/mol. The molecule has 0 spiro atoms. The molecule has 0 aromatic carbocycles. The highest BCUT2D eigenvalue weighted by atomic mass is 35.5. The number of amides is 1. The maximum atomic E-state index is 12.5. The van der Waals surface area contributed by atoms with Crippen LogP contribution in [0.25, 0.3) is 0 Å². The fourth-order valence-corrected chi connectivity index (χ4v) is 2.45. The Balaban J connectivity index is 2.93. The minimum Gasteiger partial charge on any atom is -0.372 e. The molecule has 0 radical (unpaired) electrons. The second-order valence-corrected chi connectivity index (χ2v) is 5.41. The lowest BCUT2D eigenvalue weighted by Gasteiger charge is -2.30. The average Bonchev–Trinajstić information content (AvgIpc) is 2.38. The third-order valence-corrected chi connectivity index (χ3v) is 3.38. The number of carbonyl (C=O) groups excluding carboxylic acids is 1. The Bertz CT molecular complexity index is 464. The summed E-state index contributed by atoms with van der Waals surface area (Å²) in [6.45, 7) is 5.48.